The molecule has 1 unspecified atom stereocenters. The van der Waals surface area contributed by atoms with Crippen LogP contribution in [0.15, 0.2) is 0 Å². The number of ether oxygens (including phenoxy) is 10. The Bertz CT molecular complexity index is 1500. The van der Waals surface area contributed by atoms with E-state index in [9.17, 15) is 24.3 Å². The summed E-state index contributed by atoms with van der Waals surface area (Å²) < 4.78 is 62.4. The zero-order valence-electron chi connectivity index (χ0n) is 36.7. The summed E-state index contributed by atoms with van der Waals surface area (Å²) in [7, 11) is 5.26. The van der Waals surface area contributed by atoms with Crippen LogP contribution in [-0.2, 0) is 57.0 Å². The number of aliphatic hydroxyl groups is 1. The van der Waals surface area contributed by atoms with E-state index in [1.54, 1.807) is 34.6 Å². The molecule has 5 rings (SSSR count). The number of esters is 2. The molecule has 0 aromatic rings. The molecular formula is C41H68N2O15. The number of amides is 1. The molecule has 5 saturated heterocycles. The second-order valence-electron chi connectivity index (χ2n) is 18.2. The van der Waals surface area contributed by atoms with Crippen molar-refractivity contribution >= 4 is 24.2 Å². The summed E-state index contributed by atoms with van der Waals surface area (Å²) in [6, 6.07) is -0.903. The fourth-order valence-electron chi connectivity index (χ4n) is 10.3. The molecule has 17 heteroatoms. The molecule has 332 valence electrons. The standard InChI is InChI=1S/C41H68N2O15/c1-15-27-41(11)33(56-38(48)58-41)21(4)29-19(2)17-40(10,57-37(47)42-29)32(55-36-30(45)26(43(12)13)16-20(3)50-36)22(5)31(23(6)35(46)53-27)54-28-18-39(9,49-14)34(24(7)51-28)52-25(8)44/h19-24,26-34,36,45H,15-18H2,1-14H3,(H,42,47)/t19-,20-,21+,22+,23-,24+,26+,27-,28+,29+,30-,31+,32-,33?,34+,36+,39-,40+,41-/m1/s1. The third kappa shape index (κ3) is 9.10. The maximum Gasteiger partial charge on any atom is 0.509 e. The fourth-order valence-corrected chi connectivity index (χ4v) is 10.3. The lowest BCUT2D eigenvalue weighted by Crippen LogP contribution is -2.61. The first-order valence-electron chi connectivity index (χ1n) is 20.8. The third-order valence-corrected chi connectivity index (χ3v) is 13.4. The van der Waals surface area contributed by atoms with Gasteiger partial charge in [-0.3, -0.25) is 9.59 Å². The number of alkyl carbamates (subject to hydrolysis) is 1. The van der Waals surface area contributed by atoms with Crippen LogP contribution in [0.3, 0.4) is 0 Å². The van der Waals surface area contributed by atoms with Crippen molar-refractivity contribution in [2.24, 2.45) is 23.7 Å². The number of cyclic esters (lactones) is 1. The van der Waals surface area contributed by atoms with Crippen LogP contribution in [0.2, 0.25) is 0 Å². The molecule has 2 bridgehead atoms. The van der Waals surface area contributed by atoms with Crippen LogP contribution < -0.4 is 5.32 Å². The van der Waals surface area contributed by atoms with Crippen molar-refractivity contribution in [3.8, 4) is 0 Å². The first-order chi connectivity index (χ1) is 27.0. The number of nitrogens with zero attached hydrogens (tertiary/aromatic N) is 1. The van der Waals surface area contributed by atoms with Crippen LogP contribution in [0.1, 0.15) is 102 Å². The highest BCUT2D eigenvalue weighted by atomic mass is 16.8. The van der Waals surface area contributed by atoms with E-state index in [4.69, 9.17) is 47.4 Å². The summed E-state index contributed by atoms with van der Waals surface area (Å²) in [6.45, 7) is 19.4. The number of methoxy groups -OCH3 is 1. The summed E-state index contributed by atoms with van der Waals surface area (Å²) in [5, 5.41) is 14.8. The van der Waals surface area contributed by atoms with Crippen molar-refractivity contribution in [2.45, 2.75) is 192 Å². The van der Waals surface area contributed by atoms with E-state index in [2.05, 4.69) is 5.32 Å². The number of carbonyl (C=O) groups is 4. The van der Waals surface area contributed by atoms with Crippen molar-refractivity contribution in [3.05, 3.63) is 0 Å². The largest absolute Gasteiger partial charge is 0.509 e. The van der Waals surface area contributed by atoms with E-state index < -0.39 is 120 Å². The van der Waals surface area contributed by atoms with Gasteiger partial charge in [0.05, 0.1) is 24.2 Å². The van der Waals surface area contributed by atoms with Gasteiger partial charge in [0.15, 0.2) is 30.4 Å². The summed E-state index contributed by atoms with van der Waals surface area (Å²) >= 11 is 0. The average Bonchev–Trinajstić information content (AvgIpc) is 3.39. The second kappa shape index (κ2) is 17.7. The Morgan fingerprint density at radius 1 is 0.931 bits per heavy atom. The van der Waals surface area contributed by atoms with Gasteiger partial charge in [-0.15, -0.1) is 0 Å². The minimum Gasteiger partial charge on any atom is -0.458 e. The zero-order valence-corrected chi connectivity index (χ0v) is 36.7. The minimum atomic E-state index is -1.42. The van der Waals surface area contributed by atoms with Gasteiger partial charge >= 0.3 is 24.2 Å². The Hall–Kier alpha value is -2.80. The number of nitrogens with one attached hydrogen (secondary N) is 1. The van der Waals surface area contributed by atoms with Crippen LogP contribution in [0, 0.1) is 23.7 Å². The number of fused-ring (bicyclic) bond motifs is 4. The molecule has 0 spiro atoms. The average molecular weight is 829 g/mol. The molecule has 0 aromatic heterocycles. The monoisotopic (exact) mass is 828 g/mol. The molecule has 17 nitrogen and oxygen atoms in total. The summed E-state index contributed by atoms with van der Waals surface area (Å²) in [5.74, 6) is -3.80. The van der Waals surface area contributed by atoms with Gasteiger partial charge in [-0.1, -0.05) is 27.7 Å². The van der Waals surface area contributed by atoms with E-state index in [-0.39, 0.29) is 37.3 Å². The van der Waals surface area contributed by atoms with Crippen molar-refractivity contribution < 1.29 is 71.7 Å². The lowest BCUT2D eigenvalue weighted by molar-refractivity contribution is -0.318. The lowest BCUT2D eigenvalue weighted by Gasteiger charge is -2.49. The third-order valence-electron chi connectivity index (χ3n) is 13.4. The number of likely N-dealkylation sites (N-methyl/N-ethyl adjacent to an activating group) is 1. The molecule has 2 N–H and O–H groups in total. The van der Waals surface area contributed by atoms with Crippen molar-refractivity contribution in [2.75, 3.05) is 21.2 Å². The fraction of sp³-hybridized carbons (Fsp3) is 0.902. The van der Waals surface area contributed by atoms with E-state index >= 15 is 0 Å². The van der Waals surface area contributed by atoms with Gasteiger partial charge in [0.25, 0.3) is 0 Å². The summed E-state index contributed by atoms with van der Waals surface area (Å²) in [5.41, 5.74) is -3.87. The molecule has 5 aliphatic heterocycles. The molecule has 58 heavy (non-hydrogen) atoms. The van der Waals surface area contributed by atoms with Gasteiger partial charge < -0.3 is 62.7 Å². The van der Waals surface area contributed by atoms with Crippen LogP contribution in [-0.4, -0.2) is 146 Å². The van der Waals surface area contributed by atoms with Gasteiger partial charge in [0.1, 0.15) is 29.5 Å². The van der Waals surface area contributed by atoms with E-state index in [0.717, 1.165) is 0 Å². The lowest BCUT2D eigenvalue weighted by atomic mass is 9.72. The van der Waals surface area contributed by atoms with E-state index in [1.165, 1.54) is 14.0 Å². The van der Waals surface area contributed by atoms with E-state index in [1.807, 2.05) is 53.6 Å². The van der Waals surface area contributed by atoms with Crippen molar-refractivity contribution in [3.63, 3.8) is 0 Å². The van der Waals surface area contributed by atoms with Crippen LogP contribution in [0.5, 0.6) is 0 Å². The maximum absolute atomic E-state index is 14.6. The van der Waals surface area contributed by atoms with Gasteiger partial charge in [-0.25, -0.2) is 9.59 Å². The van der Waals surface area contributed by atoms with Crippen molar-refractivity contribution in [1.29, 1.82) is 0 Å². The zero-order chi connectivity index (χ0) is 43.2. The summed E-state index contributed by atoms with van der Waals surface area (Å²) in [6.07, 6.45) is -9.45. The maximum atomic E-state index is 14.6. The molecule has 0 radical (unpaired) electrons. The van der Waals surface area contributed by atoms with Crippen LogP contribution in [0.4, 0.5) is 9.59 Å². The molecule has 1 amide bonds. The molecule has 5 aliphatic rings. The predicted molar refractivity (Wildman–Crippen MR) is 205 cm³/mol. The highest BCUT2D eigenvalue weighted by Gasteiger charge is 2.61. The molecule has 0 aromatic carbocycles. The minimum absolute atomic E-state index is 0.103. The van der Waals surface area contributed by atoms with Gasteiger partial charge in [-0.05, 0) is 80.8 Å². The van der Waals surface area contributed by atoms with Crippen molar-refractivity contribution in [1.82, 2.24) is 10.2 Å². The topological polar surface area (TPSA) is 196 Å². The second-order valence-corrected chi connectivity index (χ2v) is 18.2. The summed E-state index contributed by atoms with van der Waals surface area (Å²) in [4.78, 5) is 55.5. The SMILES string of the molecule is CC[C@H]1OC(=O)[C@H](C)[C@@H](O[C@H]2C[C@@](C)(OC)[C@@H](OC(C)=O)[C@H](C)O2)[C@H](C)[C@@H](O[C@@H]2O[C@H](C)C[C@H](N(C)C)[C@H]2O)[C@]2(C)C[C@@H](C)[C@H](NC(=O)O2)[C@H](C)C2OC(=O)O[C@@]21C. The normalized spacial score (nSPS) is 47.7. The first kappa shape index (κ1) is 46.3. The van der Waals surface area contributed by atoms with Gasteiger partial charge in [0, 0.05) is 44.4 Å². The number of carbonyl (C=O) groups excluding carboxylic acids is 4. The number of hydrogen-bond donors (Lipinski definition) is 2. The molecule has 0 saturated carbocycles. The van der Waals surface area contributed by atoms with Gasteiger partial charge in [-0.2, -0.15) is 0 Å². The van der Waals surface area contributed by atoms with Gasteiger partial charge in [0.2, 0.25) is 0 Å². The molecule has 0 aliphatic carbocycles. The Labute approximate surface area is 342 Å². The Morgan fingerprint density at radius 2 is 1.60 bits per heavy atom. The molecule has 19 atom stereocenters. The Balaban J connectivity index is 1.65. The Morgan fingerprint density at radius 3 is 2.21 bits per heavy atom. The highest BCUT2D eigenvalue weighted by molar-refractivity contribution is 5.73. The Kier molecular flexibility index (Phi) is 14.1. The quantitative estimate of drug-likeness (QED) is 0.262. The smallest absolute Gasteiger partial charge is 0.458 e. The number of rotatable bonds is 8. The van der Waals surface area contributed by atoms with Crippen LogP contribution >= 0.6 is 0 Å². The van der Waals surface area contributed by atoms with E-state index in [0.29, 0.717) is 6.42 Å². The number of hydrogen-bond acceptors (Lipinski definition) is 16. The number of aliphatic hydroxyl groups excluding tert-OH is 1. The molecular weight excluding hydrogens is 760 g/mol. The molecule has 5 fully saturated rings. The molecule has 5 heterocycles. The van der Waals surface area contributed by atoms with Crippen LogP contribution in [0.25, 0.3) is 0 Å². The highest BCUT2D eigenvalue weighted by Crippen LogP contribution is 2.46. The predicted octanol–water partition coefficient (Wildman–Crippen LogP) is 4.09. The first-order valence-corrected chi connectivity index (χ1v) is 20.8.